The summed E-state index contributed by atoms with van der Waals surface area (Å²) >= 11 is 0. The van der Waals surface area contributed by atoms with Crippen LogP contribution in [-0.2, 0) is 4.74 Å². The maximum Gasteiger partial charge on any atom is 0.338 e. The number of fused-ring (bicyclic) bond motifs is 3. The number of carbonyl (C=O) groups is 1. The molecular formula is C22H22N2O5. The Hall–Kier alpha value is -3.35. The molecule has 0 radical (unpaired) electrons. The summed E-state index contributed by atoms with van der Waals surface area (Å²) in [7, 11) is 1.43. The number of hydrogen-bond donors (Lipinski definition) is 1. The molecular weight excluding hydrogens is 372 g/mol. The molecule has 1 heterocycles. The second kappa shape index (κ2) is 7.58. The highest BCUT2D eigenvalue weighted by atomic mass is 16.6. The molecule has 1 aliphatic carbocycles. The van der Waals surface area contributed by atoms with Crippen LogP contribution >= 0.6 is 0 Å². The zero-order valence-electron chi connectivity index (χ0n) is 16.3. The van der Waals surface area contributed by atoms with Gasteiger partial charge in [0.2, 0.25) is 0 Å². The fourth-order valence-electron chi connectivity index (χ4n) is 4.31. The average Bonchev–Trinajstić information content (AvgIpc) is 3.22. The van der Waals surface area contributed by atoms with Gasteiger partial charge in [-0.2, -0.15) is 0 Å². The van der Waals surface area contributed by atoms with E-state index in [1.807, 2.05) is 18.2 Å². The van der Waals surface area contributed by atoms with Crippen molar-refractivity contribution in [3.8, 4) is 5.75 Å². The van der Waals surface area contributed by atoms with E-state index in [-0.39, 0.29) is 35.3 Å². The molecule has 7 nitrogen and oxygen atoms in total. The smallest absolute Gasteiger partial charge is 0.338 e. The monoisotopic (exact) mass is 394 g/mol. The number of carbonyl (C=O) groups excluding carboxylic acids is 1. The lowest BCUT2D eigenvalue weighted by molar-refractivity contribution is -0.385. The third-order valence-corrected chi connectivity index (χ3v) is 5.63. The number of nitrogens with one attached hydrogen (secondary N) is 1. The molecule has 29 heavy (non-hydrogen) atoms. The van der Waals surface area contributed by atoms with Crippen LogP contribution in [0.2, 0.25) is 0 Å². The summed E-state index contributed by atoms with van der Waals surface area (Å²) in [4.78, 5) is 23.2. The van der Waals surface area contributed by atoms with Crippen molar-refractivity contribution in [3.05, 3.63) is 75.4 Å². The van der Waals surface area contributed by atoms with Crippen LogP contribution in [0.1, 0.15) is 46.8 Å². The van der Waals surface area contributed by atoms with Crippen molar-refractivity contribution < 1.29 is 19.2 Å². The number of ether oxygens (including phenoxy) is 2. The molecule has 3 atom stereocenters. The molecule has 1 N–H and O–H groups in total. The zero-order chi connectivity index (χ0) is 20.5. The van der Waals surface area contributed by atoms with Gasteiger partial charge < -0.3 is 14.8 Å². The van der Waals surface area contributed by atoms with Gasteiger partial charge in [-0.15, -0.1) is 0 Å². The van der Waals surface area contributed by atoms with Gasteiger partial charge in [-0.25, -0.2) is 4.79 Å². The van der Waals surface area contributed by atoms with Crippen LogP contribution in [0.15, 0.2) is 48.6 Å². The van der Waals surface area contributed by atoms with Gasteiger partial charge in [-0.1, -0.05) is 18.2 Å². The van der Waals surface area contributed by atoms with Gasteiger partial charge in [0.1, 0.15) is 0 Å². The minimum absolute atomic E-state index is 0.0437. The van der Waals surface area contributed by atoms with Crippen LogP contribution in [0.25, 0.3) is 0 Å². The zero-order valence-corrected chi connectivity index (χ0v) is 16.3. The predicted molar refractivity (Wildman–Crippen MR) is 108 cm³/mol. The second-order valence-corrected chi connectivity index (χ2v) is 7.19. The Morgan fingerprint density at radius 2 is 2.10 bits per heavy atom. The van der Waals surface area contributed by atoms with Gasteiger partial charge in [0.05, 0.1) is 30.2 Å². The molecule has 0 saturated carbocycles. The molecule has 2 aliphatic rings. The Balaban J connectivity index is 1.72. The molecule has 0 spiro atoms. The van der Waals surface area contributed by atoms with Crippen molar-refractivity contribution in [2.45, 2.75) is 25.3 Å². The summed E-state index contributed by atoms with van der Waals surface area (Å²) < 4.78 is 10.3. The molecule has 0 aromatic heterocycles. The number of methoxy groups -OCH3 is 1. The topological polar surface area (TPSA) is 90.7 Å². The molecule has 1 aliphatic heterocycles. The fourth-order valence-corrected chi connectivity index (χ4v) is 4.31. The molecule has 2 aromatic carbocycles. The van der Waals surface area contributed by atoms with E-state index in [1.165, 1.54) is 7.11 Å². The van der Waals surface area contributed by atoms with E-state index in [2.05, 4.69) is 17.5 Å². The molecule has 0 fully saturated rings. The highest BCUT2D eigenvalue weighted by molar-refractivity contribution is 5.90. The van der Waals surface area contributed by atoms with E-state index in [4.69, 9.17) is 9.47 Å². The first-order valence-electron chi connectivity index (χ1n) is 9.60. The van der Waals surface area contributed by atoms with Crippen molar-refractivity contribution in [2.75, 3.05) is 19.0 Å². The van der Waals surface area contributed by atoms with E-state index in [0.717, 1.165) is 23.2 Å². The van der Waals surface area contributed by atoms with E-state index < -0.39 is 4.92 Å². The Morgan fingerprint density at radius 3 is 2.83 bits per heavy atom. The lowest BCUT2D eigenvalue weighted by Gasteiger charge is -2.37. The SMILES string of the molecule is CCOC(=O)c1ccc2c(c1)[C@@H]1C=CC[C@H]1[C@@H](c1ccc(OC)c([N+](=O)[O-])c1)N2. The van der Waals surface area contributed by atoms with Gasteiger partial charge in [-0.05, 0) is 54.7 Å². The van der Waals surface area contributed by atoms with Crippen molar-refractivity contribution in [1.82, 2.24) is 0 Å². The Bertz CT molecular complexity index is 1000. The number of nitrogens with zero attached hydrogens (tertiary/aromatic N) is 1. The summed E-state index contributed by atoms with van der Waals surface area (Å²) in [6.45, 7) is 2.12. The van der Waals surface area contributed by atoms with Crippen molar-refractivity contribution in [1.29, 1.82) is 0 Å². The maximum atomic E-state index is 12.1. The van der Waals surface area contributed by atoms with Gasteiger partial charge >= 0.3 is 11.7 Å². The standard InChI is InChI=1S/C22H22N2O5/c1-3-29-22(25)14-7-9-18-17(11-14)15-5-4-6-16(15)21(23-18)13-8-10-20(28-2)19(12-13)24(26)27/h4-5,7-12,15-16,21,23H,3,6H2,1-2H3/t15-,16-,21-/m1/s1. The van der Waals surface area contributed by atoms with E-state index in [9.17, 15) is 14.9 Å². The first-order valence-corrected chi connectivity index (χ1v) is 9.60. The van der Waals surface area contributed by atoms with Gasteiger partial charge in [-0.3, -0.25) is 10.1 Å². The minimum atomic E-state index is -0.422. The normalized spacial score (nSPS) is 21.7. The summed E-state index contributed by atoms with van der Waals surface area (Å²) in [6, 6.07) is 10.5. The maximum absolute atomic E-state index is 12.1. The summed E-state index contributed by atoms with van der Waals surface area (Å²) in [5.74, 6) is 0.247. The highest BCUT2D eigenvalue weighted by Gasteiger charge is 2.39. The Labute approximate surface area is 168 Å². The minimum Gasteiger partial charge on any atom is -0.490 e. The summed E-state index contributed by atoms with van der Waals surface area (Å²) in [5.41, 5.74) is 3.31. The molecule has 7 heteroatoms. The van der Waals surface area contributed by atoms with Crippen LogP contribution < -0.4 is 10.1 Å². The Kier molecular flexibility index (Phi) is 4.96. The van der Waals surface area contributed by atoms with Crippen molar-refractivity contribution in [2.24, 2.45) is 5.92 Å². The van der Waals surface area contributed by atoms with Crippen LogP contribution in [-0.4, -0.2) is 24.6 Å². The molecule has 0 saturated heterocycles. The molecule has 0 unspecified atom stereocenters. The lowest BCUT2D eigenvalue weighted by Crippen LogP contribution is -2.29. The third-order valence-electron chi connectivity index (χ3n) is 5.63. The van der Waals surface area contributed by atoms with Gasteiger partial charge in [0.15, 0.2) is 5.75 Å². The number of anilines is 1. The third kappa shape index (κ3) is 3.33. The summed E-state index contributed by atoms with van der Waals surface area (Å²) in [6.07, 6.45) is 5.14. The van der Waals surface area contributed by atoms with Crippen LogP contribution in [0.4, 0.5) is 11.4 Å². The number of allylic oxidation sites excluding steroid dienone is 2. The first-order chi connectivity index (χ1) is 14.0. The summed E-state index contributed by atoms with van der Waals surface area (Å²) in [5, 5.41) is 15.0. The molecule has 2 aromatic rings. The van der Waals surface area contributed by atoms with Crippen molar-refractivity contribution >= 4 is 17.3 Å². The number of hydrogen-bond acceptors (Lipinski definition) is 6. The van der Waals surface area contributed by atoms with Crippen LogP contribution in [0.3, 0.4) is 0 Å². The van der Waals surface area contributed by atoms with Gasteiger partial charge in [0, 0.05) is 17.7 Å². The second-order valence-electron chi connectivity index (χ2n) is 7.19. The molecule has 150 valence electrons. The largest absolute Gasteiger partial charge is 0.490 e. The van der Waals surface area contributed by atoms with Crippen LogP contribution in [0.5, 0.6) is 5.75 Å². The number of rotatable bonds is 5. The predicted octanol–water partition coefficient (Wildman–Crippen LogP) is 4.61. The van der Waals surface area contributed by atoms with Crippen molar-refractivity contribution in [3.63, 3.8) is 0 Å². The number of nitro groups is 1. The van der Waals surface area contributed by atoms with E-state index in [0.29, 0.717) is 12.2 Å². The quantitative estimate of drug-likeness (QED) is 0.345. The Morgan fingerprint density at radius 1 is 1.28 bits per heavy atom. The molecule has 4 rings (SSSR count). The number of benzene rings is 2. The number of esters is 1. The fraction of sp³-hybridized carbons (Fsp3) is 0.318. The lowest BCUT2D eigenvalue weighted by atomic mass is 9.76. The first kappa shape index (κ1) is 19.0. The van der Waals surface area contributed by atoms with E-state index in [1.54, 1.807) is 25.1 Å². The molecule has 0 bridgehead atoms. The van der Waals surface area contributed by atoms with Crippen LogP contribution in [0, 0.1) is 16.0 Å². The number of nitro benzene ring substituents is 1. The average molecular weight is 394 g/mol. The van der Waals surface area contributed by atoms with E-state index >= 15 is 0 Å². The highest BCUT2D eigenvalue weighted by Crippen LogP contribution is 2.50. The van der Waals surface area contributed by atoms with Gasteiger partial charge in [0.25, 0.3) is 0 Å². The molecule has 0 amide bonds.